The third-order valence-electron chi connectivity index (χ3n) is 12.5. The van der Waals surface area contributed by atoms with Gasteiger partial charge in [-0.25, -0.2) is 9.97 Å². The van der Waals surface area contributed by atoms with Crippen LogP contribution in [-0.2, 0) is 5.41 Å². The summed E-state index contributed by atoms with van der Waals surface area (Å²) in [5.74, 6) is 0.726. The fourth-order valence-corrected chi connectivity index (χ4v) is 10.00. The predicted octanol–water partition coefficient (Wildman–Crippen LogP) is 14.3. The minimum Gasteiger partial charge on any atom is -0.309 e. The van der Waals surface area contributed by atoms with Crippen LogP contribution in [0.1, 0.15) is 25.0 Å². The zero-order valence-corrected chi connectivity index (χ0v) is 32.2. The van der Waals surface area contributed by atoms with E-state index in [-0.39, 0.29) is 5.41 Å². The molecule has 272 valence electrons. The minimum absolute atomic E-state index is 0.238. The number of hydrogen-bond acceptors (Lipinski definition) is 2. The first-order chi connectivity index (χ1) is 28.5. The molecule has 2 heterocycles. The molecule has 2 aromatic heterocycles. The quantitative estimate of drug-likeness (QED) is 0.168. The lowest BCUT2D eigenvalue weighted by molar-refractivity contribution is 0.670. The summed E-state index contributed by atoms with van der Waals surface area (Å²) in [6.45, 7) is 4.86. The van der Waals surface area contributed by atoms with Gasteiger partial charge in [0.15, 0.2) is 5.82 Å². The van der Waals surface area contributed by atoms with Crippen LogP contribution in [0.15, 0.2) is 188 Å². The molecule has 58 heavy (non-hydrogen) atoms. The van der Waals surface area contributed by atoms with Crippen LogP contribution < -0.4 is 0 Å². The van der Waals surface area contributed by atoms with E-state index in [0.717, 1.165) is 50.4 Å². The van der Waals surface area contributed by atoms with Crippen molar-refractivity contribution in [1.29, 1.82) is 0 Å². The Morgan fingerprint density at radius 1 is 0.397 bits per heavy atom. The molecular weight excluding hydrogens is 703 g/mol. The summed E-state index contributed by atoms with van der Waals surface area (Å²) in [6, 6.07) is 67.9. The normalized spacial score (nSPS) is 13.1. The number of hydrogen-bond donors (Lipinski definition) is 0. The maximum atomic E-state index is 5.10. The standard InChI is InChI=1S/C55H37N3/c1-55(2)50-43-20-9-7-17-40(43)39-16-6-8-19-42(39)49(50)46-33-32-44-41-18-11-13-23-48(41)58(53(44)51(46)55)38-30-28-35(29-31-38)34-24-26-37(27-25-34)54-56-47-22-12-10-21-45(47)52(57-54)36-14-4-3-5-15-36/h3-33H,1-2H3. The van der Waals surface area contributed by atoms with Crippen molar-refractivity contribution in [2.75, 3.05) is 0 Å². The lowest BCUT2D eigenvalue weighted by atomic mass is 9.78. The Balaban J connectivity index is 0.984. The molecule has 9 aromatic carbocycles. The second-order valence-electron chi connectivity index (χ2n) is 16.1. The Morgan fingerprint density at radius 2 is 0.966 bits per heavy atom. The van der Waals surface area contributed by atoms with E-state index < -0.39 is 0 Å². The van der Waals surface area contributed by atoms with Crippen LogP contribution in [0.4, 0.5) is 0 Å². The van der Waals surface area contributed by atoms with E-state index in [2.05, 4.69) is 194 Å². The Hall–Kier alpha value is -7.36. The fourth-order valence-electron chi connectivity index (χ4n) is 10.00. The van der Waals surface area contributed by atoms with Crippen molar-refractivity contribution in [3.8, 4) is 50.6 Å². The molecule has 1 aliphatic rings. The lowest BCUT2D eigenvalue weighted by Gasteiger charge is -2.25. The first-order valence-electron chi connectivity index (χ1n) is 20.1. The van der Waals surface area contributed by atoms with Crippen LogP contribution in [-0.4, -0.2) is 14.5 Å². The van der Waals surface area contributed by atoms with Crippen molar-refractivity contribution in [1.82, 2.24) is 14.5 Å². The molecule has 0 bridgehead atoms. The minimum atomic E-state index is -0.238. The Kier molecular flexibility index (Phi) is 6.98. The number of para-hydroxylation sites is 2. The van der Waals surface area contributed by atoms with Gasteiger partial charge in [-0.1, -0.05) is 178 Å². The Bertz CT molecular complexity index is 3450. The molecule has 0 radical (unpaired) electrons. The third-order valence-corrected chi connectivity index (χ3v) is 12.5. The molecule has 0 N–H and O–H groups in total. The molecule has 0 aliphatic heterocycles. The maximum Gasteiger partial charge on any atom is 0.160 e. The highest BCUT2D eigenvalue weighted by Gasteiger charge is 2.41. The van der Waals surface area contributed by atoms with Gasteiger partial charge >= 0.3 is 0 Å². The first-order valence-corrected chi connectivity index (χ1v) is 20.1. The summed E-state index contributed by atoms with van der Waals surface area (Å²) in [5, 5.41) is 8.91. The number of rotatable bonds is 4. The smallest absolute Gasteiger partial charge is 0.160 e. The number of nitrogens with zero attached hydrogens (tertiary/aromatic N) is 3. The fraction of sp³-hybridized carbons (Fsp3) is 0.0545. The van der Waals surface area contributed by atoms with Crippen LogP contribution in [0.2, 0.25) is 0 Å². The Labute approximate surface area is 336 Å². The van der Waals surface area contributed by atoms with Crippen LogP contribution in [0.5, 0.6) is 0 Å². The number of benzene rings is 9. The van der Waals surface area contributed by atoms with Crippen molar-refractivity contribution >= 4 is 54.3 Å². The van der Waals surface area contributed by atoms with Gasteiger partial charge in [0, 0.05) is 38.4 Å². The van der Waals surface area contributed by atoms with E-state index >= 15 is 0 Å². The zero-order valence-electron chi connectivity index (χ0n) is 32.2. The van der Waals surface area contributed by atoms with E-state index in [0.29, 0.717) is 0 Å². The van der Waals surface area contributed by atoms with Crippen molar-refractivity contribution in [3.05, 3.63) is 199 Å². The molecule has 0 saturated carbocycles. The molecule has 12 rings (SSSR count). The van der Waals surface area contributed by atoms with Crippen molar-refractivity contribution < 1.29 is 0 Å². The monoisotopic (exact) mass is 739 g/mol. The molecule has 3 heteroatoms. The molecule has 0 amide bonds. The van der Waals surface area contributed by atoms with Gasteiger partial charge in [0.25, 0.3) is 0 Å². The van der Waals surface area contributed by atoms with E-state index in [1.54, 1.807) is 0 Å². The highest BCUT2D eigenvalue weighted by molar-refractivity contribution is 6.21. The van der Waals surface area contributed by atoms with Gasteiger partial charge in [0.05, 0.1) is 22.2 Å². The molecule has 0 saturated heterocycles. The van der Waals surface area contributed by atoms with E-state index in [1.807, 2.05) is 12.1 Å². The van der Waals surface area contributed by atoms with Crippen LogP contribution in [0.3, 0.4) is 0 Å². The van der Waals surface area contributed by atoms with Gasteiger partial charge in [0.2, 0.25) is 0 Å². The summed E-state index contributed by atoms with van der Waals surface area (Å²) in [5.41, 5.74) is 15.2. The second kappa shape index (κ2) is 12.3. The van der Waals surface area contributed by atoms with E-state index in [9.17, 15) is 0 Å². The van der Waals surface area contributed by atoms with Crippen molar-refractivity contribution in [3.63, 3.8) is 0 Å². The Morgan fingerprint density at radius 3 is 1.71 bits per heavy atom. The van der Waals surface area contributed by atoms with Gasteiger partial charge in [-0.3, -0.25) is 0 Å². The summed E-state index contributed by atoms with van der Waals surface area (Å²) < 4.78 is 2.51. The van der Waals surface area contributed by atoms with Gasteiger partial charge in [-0.15, -0.1) is 0 Å². The van der Waals surface area contributed by atoms with Gasteiger partial charge in [0.1, 0.15) is 0 Å². The van der Waals surface area contributed by atoms with E-state index in [4.69, 9.17) is 9.97 Å². The van der Waals surface area contributed by atoms with Crippen molar-refractivity contribution in [2.24, 2.45) is 0 Å². The van der Waals surface area contributed by atoms with E-state index in [1.165, 1.54) is 65.6 Å². The molecule has 0 fully saturated rings. The molecule has 3 nitrogen and oxygen atoms in total. The molecule has 1 aliphatic carbocycles. The number of aromatic nitrogens is 3. The average Bonchev–Trinajstić information content (AvgIpc) is 3.75. The summed E-state index contributed by atoms with van der Waals surface area (Å²) in [4.78, 5) is 10.1. The summed E-state index contributed by atoms with van der Waals surface area (Å²) in [6.07, 6.45) is 0. The maximum absolute atomic E-state index is 5.10. The molecular formula is C55H37N3. The van der Waals surface area contributed by atoms with Gasteiger partial charge in [-0.2, -0.15) is 0 Å². The summed E-state index contributed by atoms with van der Waals surface area (Å²) >= 11 is 0. The molecule has 0 unspecified atom stereocenters. The topological polar surface area (TPSA) is 30.7 Å². The number of fused-ring (bicyclic) bond motifs is 13. The third kappa shape index (κ3) is 4.68. The van der Waals surface area contributed by atoms with Crippen LogP contribution >= 0.6 is 0 Å². The second-order valence-corrected chi connectivity index (χ2v) is 16.1. The average molecular weight is 740 g/mol. The van der Waals surface area contributed by atoms with Crippen LogP contribution in [0.25, 0.3) is 105 Å². The predicted molar refractivity (Wildman–Crippen MR) is 243 cm³/mol. The molecule has 0 spiro atoms. The summed E-state index contributed by atoms with van der Waals surface area (Å²) in [7, 11) is 0. The van der Waals surface area contributed by atoms with Gasteiger partial charge < -0.3 is 4.57 Å². The first kappa shape index (κ1) is 32.8. The van der Waals surface area contributed by atoms with Crippen molar-refractivity contribution in [2.45, 2.75) is 19.3 Å². The molecule has 0 atom stereocenters. The van der Waals surface area contributed by atoms with Gasteiger partial charge in [-0.05, 0) is 79.2 Å². The highest BCUT2D eigenvalue weighted by atomic mass is 15.0. The SMILES string of the molecule is CC1(C)c2c(c3ccccc3c3ccccc23)-c2ccc3c4ccccc4n(-c4ccc(-c5ccc(-c6nc(-c7ccccc7)c7ccccc7n6)cc5)cc4)c3c21. The lowest BCUT2D eigenvalue weighted by Crippen LogP contribution is -2.17. The van der Waals surface area contributed by atoms with Crippen LogP contribution in [0, 0.1) is 0 Å². The largest absolute Gasteiger partial charge is 0.309 e. The molecule has 11 aromatic rings. The zero-order chi connectivity index (χ0) is 38.5. The highest BCUT2D eigenvalue weighted by Crippen LogP contribution is 2.57.